The van der Waals surface area contributed by atoms with Gasteiger partial charge in [0.05, 0.1) is 12.1 Å². The molecule has 3 aliphatic rings. The summed E-state index contributed by atoms with van der Waals surface area (Å²) in [6.07, 6.45) is 5.44. The lowest BCUT2D eigenvalue weighted by Gasteiger charge is -2.49. The molecule has 3 aliphatic heterocycles. The molecule has 16 heteroatoms. The molecule has 0 spiro atoms. The van der Waals surface area contributed by atoms with Crippen molar-refractivity contribution in [3.05, 3.63) is 88.3 Å². The Labute approximate surface area is 276 Å². The van der Waals surface area contributed by atoms with Crippen LogP contribution >= 0.6 is 23.1 Å². The number of β-lactam (4-membered cyclic amide) rings is 1. The molecule has 14 nitrogen and oxygen atoms in total. The minimum atomic E-state index is -1.28. The molecule has 47 heavy (non-hydrogen) atoms. The first-order valence-electron chi connectivity index (χ1n) is 14.5. The number of carbonyl (C=O) groups excluding carboxylic acids is 4. The van der Waals surface area contributed by atoms with E-state index in [1.807, 2.05) is 12.1 Å². The third-order valence-electron chi connectivity index (χ3n) is 7.80. The molecule has 242 valence electrons. The number of pyridine rings is 1. The largest absolute Gasteiger partial charge is 0.508 e. The number of hydrogen-bond donors (Lipinski definition) is 5. The van der Waals surface area contributed by atoms with Crippen LogP contribution in [0.15, 0.2) is 77.1 Å². The lowest BCUT2D eigenvalue weighted by atomic mass is 10.0. The third-order valence-corrected chi connectivity index (χ3v) is 9.83. The van der Waals surface area contributed by atoms with Crippen molar-refractivity contribution in [1.29, 1.82) is 0 Å². The van der Waals surface area contributed by atoms with Crippen molar-refractivity contribution in [1.82, 2.24) is 20.1 Å². The zero-order chi connectivity index (χ0) is 33.2. The molecule has 2 unspecified atom stereocenters. The van der Waals surface area contributed by atoms with Crippen molar-refractivity contribution in [3.63, 3.8) is 0 Å². The summed E-state index contributed by atoms with van der Waals surface area (Å²) in [6.45, 7) is 0.852. The number of phenols is 1. The molecule has 4 amide bonds. The quantitative estimate of drug-likeness (QED) is 0.0894. The highest BCUT2D eigenvalue weighted by Crippen LogP contribution is 2.41. The van der Waals surface area contributed by atoms with Gasteiger partial charge in [-0.25, -0.2) is 9.78 Å². The zero-order valence-corrected chi connectivity index (χ0v) is 26.4. The number of thiazole rings is 1. The van der Waals surface area contributed by atoms with Gasteiger partial charge in [0.25, 0.3) is 11.8 Å². The van der Waals surface area contributed by atoms with Crippen LogP contribution in [0.2, 0.25) is 0 Å². The molecule has 3 aromatic rings. The molecule has 1 aromatic carbocycles. The zero-order valence-electron chi connectivity index (χ0n) is 24.8. The van der Waals surface area contributed by atoms with E-state index in [9.17, 15) is 34.2 Å². The summed E-state index contributed by atoms with van der Waals surface area (Å²) in [5, 5.41) is 26.3. The topological polar surface area (TPSA) is 199 Å². The highest BCUT2D eigenvalue weighted by atomic mass is 32.2. The van der Waals surface area contributed by atoms with E-state index < -0.39 is 29.2 Å². The van der Waals surface area contributed by atoms with Gasteiger partial charge in [0, 0.05) is 47.6 Å². The normalized spacial score (nSPS) is 19.9. The minimum Gasteiger partial charge on any atom is -0.508 e. The van der Waals surface area contributed by atoms with E-state index in [1.54, 1.807) is 45.4 Å². The molecule has 6 N–H and O–H groups in total. The van der Waals surface area contributed by atoms with Gasteiger partial charge in [0.1, 0.15) is 22.9 Å². The Bertz CT molecular complexity index is 1820. The molecule has 0 saturated carbocycles. The number of aliphatic carboxylic acids is 1. The van der Waals surface area contributed by atoms with E-state index in [0.717, 1.165) is 5.56 Å². The lowest BCUT2D eigenvalue weighted by Crippen LogP contribution is -2.70. The first-order chi connectivity index (χ1) is 22.5. The Kier molecular flexibility index (Phi) is 8.95. The van der Waals surface area contributed by atoms with Gasteiger partial charge in [0.2, 0.25) is 18.4 Å². The predicted octanol–water partition coefficient (Wildman–Crippen LogP) is 0.997. The SMILES string of the molecule is Nc1nc(CC(=O)NC2C(=O)N3C(C(=O)O)=C(C=C4CCN(Cc5cc[n+](CC(=O)Nc6ccc(O)cc6)cc5)C4=O)CSC23)cs1. The highest BCUT2D eigenvalue weighted by molar-refractivity contribution is 8.00. The molecule has 0 radical (unpaired) electrons. The first kappa shape index (κ1) is 31.7. The van der Waals surface area contributed by atoms with Crippen LogP contribution in [0.4, 0.5) is 10.8 Å². The van der Waals surface area contributed by atoms with Crippen LogP contribution in [0, 0.1) is 0 Å². The third kappa shape index (κ3) is 6.97. The summed E-state index contributed by atoms with van der Waals surface area (Å²) in [6, 6.07) is 8.95. The Balaban J connectivity index is 1.06. The van der Waals surface area contributed by atoms with Crippen molar-refractivity contribution >= 4 is 63.5 Å². The number of likely N-dealkylation sites (tertiary alicyclic amines) is 1. The number of aromatic nitrogens is 2. The van der Waals surface area contributed by atoms with E-state index in [0.29, 0.717) is 47.2 Å². The summed E-state index contributed by atoms with van der Waals surface area (Å²) < 4.78 is 1.70. The van der Waals surface area contributed by atoms with Crippen LogP contribution < -0.4 is 20.9 Å². The average Bonchev–Trinajstić information content (AvgIpc) is 3.61. The van der Waals surface area contributed by atoms with Crippen molar-refractivity contribution < 1.29 is 38.8 Å². The van der Waals surface area contributed by atoms with Crippen molar-refractivity contribution in [2.75, 3.05) is 23.3 Å². The van der Waals surface area contributed by atoms with Crippen LogP contribution in [-0.4, -0.2) is 78.3 Å². The van der Waals surface area contributed by atoms with Crippen molar-refractivity contribution in [3.8, 4) is 5.75 Å². The number of anilines is 2. The van der Waals surface area contributed by atoms with E-state index in [1.165, 1.54) is 40.1 Å². The Morgan fingerprint density at radius 3 is 2.53 bits per heavy atom. The maximum absolute atomic E-state index is 13.3. The second-order valence-electron chi connectivity index (χ2n) is 11.1. The number of nitrogens with two attached hydrogens (primary N) is 1. The van der Waals surface area contributed by atoms with E-state index >= 15 is 0 Å². The van der Waals surface area contributed by atoms with Crippen LogP contribution in [0.25, 0.3) is 0 Å². The second-order valence-corrected chi connectivity index (χ2v) is 13.1. The number of nitrogens with one attached hydrogen (secondary N) is 2. The highest BCUT2D eigenvalue weighted by Gasteiger charge is 2.54. The molecule has 0 aliphatic carbocycles. The maximum atomic E-state index is 13.3. The maximum Gasteiger partial charge on any atom is 0.352 e. The fourth-order valence-corrected chi connectivity index (χ4v) is 7.41. The molecule has 2 saturated heterocycles. The molecule has 6 rings (SSSR count). The molecule has 0 bridgehead atoms. The summed E-state index contributed by atoms with van der Waals surface area (Å²) >= 11 is 2.53. The lowest BCUT2D eigenvalue weighted by molar-refractivity contribution is -0.684. The molecule has 5 heterocycles. The number of phenolic OH excluding ortho intramolecular Hbond substituents is 1. The number of allylic oxidation sites excluding steroid dienone is 1. The number of carboxylic acids is 1. The van der Waals surface area contributed by atoms with Crippen LogP contribution in [0.5, 0.6) is 5.75 Å². The number of carbonyl (C=O) groups is 5. The van der Waals surface area contributed by atoms with Crippen molar-refractivity contribution in [2.45, 2.75) is 37.3 Å². The molecular formula is C31H30N7O7S2+. The minimum absolute atomic E-state index is 0.0470. The fourth-order valence-electron chi connectivity index (χ4n) is 5.54. The van der Waals surface area contributed by atoms with Gasteiger partial charge in [-0.15, -0.1) is 23.1 Å². The van der Waals surface area contributed by atoms with E-state index in [4.69, 9.17) is 5.73 Å². The monoisotopic (exact) mass is 676 g/mol. The Morgan fingerprint density at radius 1 is 1.11 bits per heavy atom. The molecule has 2 atom stereocenters. The van der Waals surface area contributed by atoms with Gasteiger partial charge in [-0.3, -0.25) is 24.1 Å². The number of aromatic hydroxyl groups is 1. The number of fused-ring (bicyclic) bond motifs is 1. The second kappa shape index (κ2) is 13.3. The van der Waals surface area contributed by atoms with Gasteiger partial charge in [-0.05, 0) is 47.9 Å². The summed E-state index contributed by atoms with van der Waals surface area (Å²) in [5.41, 5.74) is 8.16. The predicted molar refractivity (Wildman–Crippen MR) is 171 cm³/mol. The van der Waals surface area contributed by atoms with E-state index in [2.05, 4.69) is 15.6 Å². The standard InChI is InChI=1S/C31H29N7O7S2/c32-31-34-21(16-47-31)12-23(40)35-25-28(43)38-26(30(44)45)19(15-46-29(25)38)11-18-7-10-37(27(18)42)13-17-5-8-36(9-6-17)14-24(41)33-20-1-3-22(39)4-2-20/h1-6,8-9,11,16,25,29H,7,10,12-15H2,(H5-,32,33,34,35,39,40,41,44,45)/p+1. The van der Waals surface area contributed by atoms with Gasteiger partial charge in [-0.1, -0.05) is 0 Å². The Morgan fingerprint density at radius 2 is 1.85 bits per heavy atom. The number of carboxylic acid groups (broad SMARTS) is 1. The van der Waals surface area contributed by atoms with Gasteiger partial charge >= 0.3 is 5.97 Å². The van der Waals surface area contributed by atoms with Crippen LogP contribution in [-0.2, 0) is 43.5 Å². The number of thioether (sulfide) groups is 1. The van der Waals surface area contributed by atoms with Gasteiger partial charge < -0.3 is 31.5 Å². The van der Waals surface area contributed by atoms with Crippen LogP contribution in [0.3, 0.4) is 0 Å². The van der Waals surface area contributed by atoms with E-state index in [-0.39, 0.29) is 42.0 Å². The first-order valence-corrected chi connectivity index (χ1v) is 16.5. The van der Waals surface area contributed by atoms with Gasteiger partial charge in [-0.2, -0.15) is 4.57 Å². The summed E-state index contributed by atoms with van der Waals surface area (Å²) in [4.78, 5) is 70.4. The molecule has 2 aromatic heterocycles. The number of nitrogens with zero attached hydrogens (tertiary/aromatic N) is 4. The van der Waals surface area contributed by atoms with Crippen molar-refractivity contribution in [2.24, 2.45) is 0 Å². The average molecular weight is 677 g/mol. The smallest absolute Gasteiger partial charge is 0.352 e. The fraction of sp³-hybridized carbons (Fsp3) is 0.258. The molecular weight excluding hydrogens is 647 g/mol. The number of amides is 4. The summed E-state index contributed by atoms with van der Waals surface area (Å²) in [7, 11) is 0. The number of hydrogen-bond acceptors (Lipinski definition) is 10. The van der Waals surface area contributed by atoms with Crippen LogP contribution in [0.1, 0.15) is 17.7 Å². The van der Waals surface area contributed by atoms with Gasteiger partial charge in [0.15, 0.2) is 17.5 Å². The molecule has 2 fully saturated rings. The Hall–Kier alpha value is -5.22. The number of nitrogen functional groups attached to an aromatic ring is 1. The number of benzene rings is 1. The number of rotatable bonds is 10. The summed E-state index contributed by atoms with van der Waals surface area (Å²) in [5.74, 6) is -2.32.